The fourth-order valence-electron chi connectivity index (χ4n) is 0.864. The van der Waals surface area contributed by atoms with Gasteiger partial charge in [-0.3, -0.25) is 0 Å². The van der Waals surface area contributed by atoms with Crippen molar-refractivity contribution in [2.45, 2.75) is 0 Å². The second-order valence-electron chi connectivity index (χ2n) is 2.25. The molecule has 0 aliphatic rings. The molecule has 0 atom stereocenters. The van der Waals surface area contributed by atoms with Crippen LogP contribution >= 0.6 is 11.6 Å². The van der Waals surface area contributed by atoms with Gasteiger partial charge in [0.2, 0.25) is 0 Å². The molecule has 1 aromatic carbocycles. The quantitative estimate of drug-likeness (QED) is 0.458. The molecule has 0 radical (unpaired) electrons. The van der Waals surface area contributed by atoms with E-state index < -0.39 is 0 Å². The van der Waals surface area contributed by atoms with Crippen LogP contribution in [0.3, 0.4) is 0 Å². The summed E-state index contributed by atoms with van der Waals surface area (Å²) in [5.41, 5.74) is 11.5. The number of halogens is 1. The molecule has 0 aliphatic carbocycles. The molecular formula is C8H9ClN2O. The van der Waals surface area contributed by atoms with Crippen molar-refractivity contribution < 1.29 is 5.11 Å². The fraction of sp³-hybridized carbons (Fsp3) is 0. The minimum Gasteiger partial charge on any atom is -0.506 e. The van der Waals surface area contributed by atoms with E-state index in [-0.39, 0.29) is 11.4 Å². The summed E-state index contributed by atoms with van der Waals surface area (Å²) in [6.07, 6.45) is 2.86. The van der Waals surface area contributed by atoms with Crippen LogP contribution in [0.5, 0.6) is 5.75 Å². The van der Waals surface area contributed by atoms with Crippen molar-refractivity contribution in [2.24, 2.45) is 5.73 Å². The van der Waals surface area contributed by atoms with Gasteiger partial charge in [0.05, 0.1) is 10.7 Å². The Kier molecular flexibility index (Phi) is 2.45. The molecule has 0 bridgehead atoms. The fourth-order valence-corrected chi connectivity index (χ4v) is 1.09. The molecule has 64 valence electrons. The Morgan fingerprint density at radius 1 is 1.42 bits per heavy atom. The third-order valence-electron chi connectivity index (χ3n) is 1.47. The Hall–Kier alpha value is -1.35. The number of nitrogens with two attached hydrogens (primary N) is 2. The molecule has 1 rings (SSSR count). The average Bonchev–Trinajstić information content (AvgIpc) is 2.06. The summed E-state index contributed by atoms with van der Waals surface area (Å²) in [5.74, 6) is 0.00694. The maximum atomic E-state index is 9.19. The monoisotopic (exact) mass is 184 g/mol. The number of phenolic OH excluding ortho intramolecular Hbond substituents is 1. The van der Waals surface area contributed by atoms with Crippen LogP contribution in [0.1, 0.15) is 5.56 Å². The Morgan fingerprint density at radius 3 is 2.67 bits per heavy atom. The Balaban J connectivity index is 3.32. The largest absolute Gasteiger partial charge is 0.506 e. The summed E-state index contributed by atoms with van der Waals surface area (Å²) >= 11 is 5.78. The molecule has 0 fully saturated rings. The number of anilines is 1. The highest BCUT2D eigenvalue weighted by Gasteiger charge is 2.05. The predicted octanol–water partition coefficient (Wildman–Crippen LogP) is 1.56. The first-order valence-electron chi connectivity index (χ1n) is 3.32. The van der Waals surface area contributed by atoms with Crippen molar-refractivity contribution in [2.75, 3.05) is 5.73 Å². The van der Waals surface area contributed by atoms with Gasteiger partial charge in [-0.15, -0.1) is 0 Å². The van der Waals surface area contributed by atoms with Gasteiger partial charge in [0, 0.05) is 5.56 Å². The first-order chi connectivity index (χ1) is 5.66. The van der Waals surface area contributed by atoms with Gasteiger partial charge in [-0.25, -0.2) is 0 Å². The molecule has 5 N–H and O–H groups in total. The summed E-state index contributed by atoms with van der Waals surface area (Å²) in [6.45, 7) is 0. The molecular weight excluding hydrogens is 176 g/mol. The van der Waals surface area contributed by atoms with E-state index in [1.165, 1.54) is 18.3 Å². The second kappa shape index (κ2) is 3.36. The van der Waals surface area contributed by atoms with Gasteiger partial charge in [-0.1, -0.05) is 11.6 Å². The van der Waals surface area contributed by atoms with Gasteiger partial charge < -0.3 is 16.6 Å². The summed E-state index contributed by atoms with van der Waals surface area (Å²) in [4.78, 5) is 0. The molecule has 0 aliphatic heterocycles. The molecule has 0 aromatic heterocycles. The van der Waals surface area contributed by atoms with Gasteiger partial charge in [0.25, 0.3) is 0 Å². The van der Waals surface area contributed by atoms with E-state index in [9.17, 15) is 5.11 Å². The van der Waals surface area contributed by atoms with Crippen molar-refractivity contribution in [3.8, 4) is 5.75 Å². The number of rotatable bonds is 1. The lowest BCUT2D eigenvalue weighted by atomic mass is 10.1. The molecule has 0 amide bonds. The van der Waals surface area contributed by atoms with Crippen LogP contribution in [0.15, 0.2) is 18.3 Å². The van der Waals surface area contributed by atoms with E-state index in [4.69, 9.17) is 23.1 Å². The summed E-state index contributed by atoms with van der Waals surface area (Å²) in [7, 11) is 0. The lowest BCUT2D eigenvalue weighted by Crippen LogP contribution is -1.91. The number of benzene rings is 1. The van der Waals surface area contributed by atoms with E-state index in [1.54, 1.807) is 6.07 Å². The number of aromatic hydroxyl groups is 1. The maximum absolute atomic E-state index is 9.19. The van der Waals surface area contributed by atoms with Crippen LogP contribution in [0, 0.1) is 0 Å². The molecule has 0 unspecified atom stereocenters. The third kappa shape index (κ3) is 1.46. The van der Waals surface area contributed by atoms with Crippen molar-refractivity contribution >= 4 is 23.4 Å². The zero-order valence-electron chi connectivity index (χ0n) is 6.29. The van der Waals surface area contributed by atoms with E-state index in [0.29, 0.717) is 10.6 Å². The van der Waals surface area contributed by atoms with E-state index in [1.807, 2.05) is 0 Å². The Labute approximate surface area is 75.2 Å². The number of nitrogen functional groups attached to an aromatic ring is 1. The highest BCUT2D eigenvalue weighted by Crippen LogP contribution is 2.30. The molecule has 4 heteroatoms. The Bertz CT molecular complexity index is 323. The Morgan fingerprint density at radius 2 is 2.08 bits per heavy atom. The zero-order valence-corrected chi connectivity index (χ0v) is 7.05. The summed E-state index contributed by atoms with van der Waals surface area (Å²) < 4.78 is 0. The zero-order chi connectivity index (χ0) is 9.14. The van der Waals surface area contributed by atoms with Crippen molar-refractivity contribution in [3.05, 3.63) is 28.9 Å². The second-order valence-corrected chi connectivity index (χ2v) is 2.66. The standard InChI is InChI=1S/C8H9ClN2O/c9-6-1-2-7(12)8(11)5(6)3-4-10/h1-4,12H,10-11H2/b4-3-. The maximum Gasteiger partial charge on any atom is 0.139 e. The summed E-state index contributed by atoms with van der Waals surface area (Å²) in [5, 5.41) is 9.66. The minimum atomic E-state index is 0.00694. The minimum absolute atomic E-state index is 0.00694. The SMILES string of the molecule is N/C=C\c1c(Cl)ccc(O)c1N. The van der Waals surface area contributed by atoms with Crippen LogP contribution in [-0.4, -0.2) is 5.11 Å². The summed E-state index contributed by atoms with van der Waals surface area (Å²) in [6, 6.07) is 2.99. The van der Waals surface area contributed by atoms with Gasteiger partial charge in [0.15, 0.2) is 0 Å². The van der Waals surface area contributed by atoms with Gasteiger partial charge in [0.1, 0.15) is 5.75 Å². The van der Waals surface area contributed by atoms with Crippen LogP contribution in [0.2, 0.25) is 5.02 Å². The van der Waals surface area contributed by atoms with Crippen molar-refractivity contribution in [3.63, 3.8) is 0 Å². The van der Waals surface area contributed by atoms with E-state index in [2.05, 4.69) is 0 Å². The smallest absolute Gasteiger partial charge is 0.139 e. The van der Waals surface area contributed by atoms with Crippen molar-refractivity contribution in [1.29, 1.82) is 0 Å². The van der Waals surface area contributed by atoms with Gasteiger partial charge in [-0.2, -0.15) is 0 Å². The molecule has 0 saturated carbocycles. The molecule has 3 nitrogen and oxygen atoms in total. The number of phenols is 1. The number of hydrogen-bond donors (Lipinski definition) is 3. The predicted molar refractivity (Wildman–Crippen MR) is 50.8 cm³/mol. The van der Waals surface area contributed by atoms with Gasteiger partial charge in [-0.05, 0) is 24.4 Å². The number of hydrogen-bond acceptors (Lipinski definition) is 3. The van der Waals surface area contributed by atoms with Crippen LogP contribution in [0.4, 0.5) is 5.69 Å². The van der Waals surface area contributed by atoms with E-state index >= 15 is 0 Å². The normalized spacial score (nSPS) is 10.8. The van der Waals surface area contributed by atoms with Crippen LogP contribution in [0.25, 0.3) is 6.08 Å². The van der Waals surface area contributed by atoms with E-state index in [0.717, 1.165) is 0 Å². The first kappa shape index (κ1) is 8.74. The van der Waals surface area contributed by atoms with Crippen LogP contribution in [-0.2, 0) is 0 Å². The lowest BCUT2D eigenvalue weighted by Gasteiger charge is -2.04. The molecule has 0 saturated heterocycles. The topological polar surface area (TPSA) is 72.3 Å². The van der Waals surface area contributed by atoms with Crippen LogP contribution < -0.4 is 11.5 Å². The highest BCUT2D eigenvalue weighted by atomic mass is 35.5. The molecule has 0 spiro atoms. The molecule has 0 heterocycles. The third-order valence-corrected chi connectivity index (χ3v) is 1.80. The first-order valence-corrected chi connectivity index (χ1v) is 3.70. The molecule has 1 aromatic rings. The van der Waals surface area contributed by atoms with Gasteiger partial charge >= 0.3 is 0 Å². The lowest BCUT2D eigenvalue weighted by molar-refractivity contribution is 0.478. The average molecular weight is 185 g/mol. The highest BCUT2D eigenvalue weighted by molar-refractivity contribution is 6.32. The molecule has 12 heavy (non-hydrogen) atoms. The van der Waals surface area contributed by atoms with Crippen molar-refractivity contribution in [1.82, 2.24) is 0 Å².